The minimum Gasteiger partial charge on any atom is -0.504 e. The maximum absolute atomic E-state index is 13.2. The molecule has 12 nitrogen and oxygen atoms in total. The van der Waals surface area contributed by atoms with Crippen LogP contribution in [0.5, 0.6) is 5.75 Å². The first kappa shape index (κ1) is 28.1. The van der Waals surface area contributed by atoms with Crippen LogP contribution in [0, 0.1) is 6.92 Å². The van der Waals surface area contributed by atoms with Gasteiger partial charge in [0.1, 0.15) is 17.2 Å². The van der Waals surface area contributed by atoms with Crippen LogP contribution in [0.2, 0.25) is 0 Å². The van der Waals surface area contributed by atoms with E-state index in [0.29, 0.717) is 17.9 Å². The number of ether oxygens (including phenoxy) is 1. The Balaban J connectivity index is 1.74. The van der Waals surface area contributed by atoms with Crippen molar-refractivity contribution in [1.29, 1.82) is 0 Å². The van der Waals surface area contributed by atoms with Gasteiger partial charge < -0.3 is 24.9 Å². The van der Waals surface area contributed by atoms with Gasteiger partial charge in [0.2, 0.25) is 4.91 Å². The Morgan fingerprint density at radius 1 is 1.32 bits per heavy atom. The van der Waals surface area contributed by atoms with Crippen LogP contribution < -0.4 is 10.6 Å². The van der Waals surface area contributed by atoms with Crippen LogP contribution in [-0.4, -0.2) is 57.2 Å². The molecule has 0 bridgehead atoms. The van der Waals surface area contributed by atoms with Crippen LogP contribution >= 0.6 is 11.3 Å². The average molecular weight is 587 g/mol. The predicted molar refractivity (Wildman–Crippen MR) is 142 cm³/mol. The van der Waals surface area contributed by atoms with E-state index in [4.69, 9.17) is 9.15 Å². The molecule has 4 rings (SSSR count). The topological polar surface area (TPSA) is 168 Å². The van der Waals surface area contributed by atoms with Gasteiger partial charge in [-0.15, -0.1) is 15.7 Å². The quantitative estimate of drug-likeness (QED) is 0.333. The molecular formula is C23H30N4O8S3. The van der Waals surface area contributed by atoms with Gasteiger partial charge >= 0.3 is 5.97 Å². The molecule has 3 N–H and O–H groups in total. The van der Waals surface area contributed by atoms with Crippen LogP contribution in [0.1, 0.15) is 57.6 Å². The van der Waals surface area contributed by atoms with E-state index in [2.05, 4.69) is 15.0 Å². The summed E-state index contributed by atoms with van der Waals surface area (Å²) in [6.45, 7) is 7.03. The smallest absolute Gasteiger partial charge is 0.354 e. The Bertz CT molecular complexity index is 1500. The highest BCUT2D eigenvalue weighted by atomic mass is 32.2. The summed E-state index contributed by atoms with van der Waals surface area (Å²) in [6, 6.07) is 2.89. The van der Waals surface area contributed by atoms with Crippen molar-refractivity contribution in [1.82, 2.24) is 9.62 Å². The summed E-state index contributed by atoms with van der Waals surface area (Å²) >= 11 is 0.789. The number of thiophene rings is 1. The standard InChI is InChI=1S/C23H30N4O8S3/c1-5-15(17-11-8-13(4)35-17)25-21-18(20(22(29)34-7-3)37(30,31)26-21)24-16-12-36-23(19(16)28)38(32,33)27(6-2)14-9-10-14/h8,11-12,14-15,24,28H,5-7,9-10H2,1-4H3,(H,25,26)/t15-/m1/s1. The number of sulfonamides is 2. The van der Waals surface area contributed by atoms with Crippen LogP contribution in [-0.2, 0) is 29.6 Å². The lowest BCUT2D eigenvalue weighted by Crippen LogP contribution is -2.32. The highest BCUT2D eigenvalue weighted by Gasteiger charge is 2.42. The van der Waals surface area contributed by atoms with E-state index in [-0.39, 0.29) is 40.6 Å². The molecule has 3 heterocycles. The van der Waals surface area contributed by atoms with Crippen LogP contribution in [0.25, 0.3) is 0 Å². The molecule has 1 atom stereocenters. The molecule has 38 heavy (non-hydrogen) atoms. The molecule has 0 unspecified atom stereocenters. The van der Waals surface area contributed by atoms with E-state index >= 15 is 0 Å². The zero-order valence-electron chi connectivity index (χ0n) is 21.3. The second-order valence-electron chi connectivity index (χ2n) is 8.74. The first-order valence-corrected chi connectivity index (χ1v) is 15.9. The minimum absolute atomic E-state index is 0.0860. The number of nitrogens with zero attached hydrogens (tertiary/aromatic N) is 2. The number of rotatable bonds is 11. The summed E-state index contributed by atoms with van der Waals surface area (Å²) < 4.78 is 67.8. The van der Waals surface area contributed by atoms with Crippen molar-refractivity contribution in [2.24, 2.45) is 4.40 Å². The summed E-state index contributed by atoms with van der Waals surface area (Å²) in [5.41, 5.74) is -0.359. The van der Waals surface area contributed by atoms with E-state index in [1.807, 2.05) is 6.92 Å². The third-order valence-electron chi connectivity index (χ3n) is 6.02. The van der Waals surface area contributed by atoms with E-state index in [1.165, 1.54) is 16.6 Å². The third kappa shape index (κ3) is 5.32. The fraction of sp³-hybridized carbons (Fsp3) is 0.478. The molecule has 15 heteroatoms. The number of aryl methyl sites for hydroxylation is 1. The van der Waals surface area contributed by atoms with Crippen molar-refractivity contribution in [3.05, 3.63) is 39.6 Å². The Morgan fingerprint density at radius 2 is 2.03 bits per heavy atom. The number of furan rings is 1. The molecule has 0 amide bonds. The van der Waals surface area contributed by atoms with E-state index in [0.717, 1.165) is 24.2 Å². The van der Waals surface area contributed by atoms with Gasteiger partial charge in [0.05, 0.1) is 18.3 Å². The number of hydrogen-bond donors (Lipinski definition) is 3. The van der Waals surface area contributed by atoms with Gasteiger partial charge in [-0.2, -0.15) is 12.7 Å². The Morgan fingerprint density at radius 3 is 2.58 bits per heavy atom. The van der Waals surface area contributed by atoms with Gasteiger partial charge in [0.25, 0.3) is 20.0 Å². The molecule has 0 saturated heterocycles. The third-order valence-corrected chi connectivity index (χ3v) is 10.8. The van der Waals surface area contributed by atoms with Crippen molar-refractivity contribution >= 4 is 48.9 Å². The van der Waals surface area contributed by atoms with Gasteiger partial charge in [0.15, 0.2) is 15.8 Å². The highest BCUT2D eigenvalue weighted by Crippen LogP contribution is 2.43. The number of amidine groups is 1. The zero-order chi connectivity index (χ0) is 27.8. The van der Waals surface area contributed by atoms with Crippen molar-refractivity contribution in [3.63, 3.8) is 0 Å². The van der Waals surface area contributed by atoms with Crippen LogP contribution in [0.3, 0.4) is 0 Å². The van der Waals surface area contributed by atoms with Gasteiger partial charge in [-0.05, 0) is 45.2 Å². The number of hydrogen-bond acceptors (Lipinski definition) is 11. The fourth-order valence-corrected chi connectivity index (χ4v) is 8.28. The first-order valence-electron chi connectivity index (χ1n) is 12.1. The Hall–Kier alpha value is -2.88. The summed E-state index contributed by atoms with van der Waals surface area (Å²) in [6.07, 6.45) is 1.97. The summed E-state index contributed by atoms with van der Waals surface area (Å²) in [7, 11) is -8.47. The predicted octanol–water partition coefficient (Wildman–Crippen LogP) is 3.20. The average Bonchev–Trinajstić information content (AvgIpc) is 3.37. The lowest BCUT2D eigenvalue weighted by atomic mass is 10.1. The Labute approximate surface area is 225 Å². The number of nitrogens with one attached hydrogen (secondary N) is 2. The first-order chi connectivity index (χ1) is 17.9. The monoisotopic (exact) mass is 586 g/mol. The zero-order valence-corrected chi connectivity index (χ0v) is 23.8. The molecule has 1 saturated carbocycles. The van der Waals surface area contributed by atoms with Crippen LogP contribution in [0.15, 0.2) is 41.1 Å². The minimum atomic E-state index is -4.48. The van der Waals surface area contributed by atoms with Gasteiger partial charge in [-0.3, -0.25) is 0 Å². The number of esters is 1. The number of anilines is 1. The van der Waals surface area contributed by atoms with Crippen LogP contribution in [0.4, 0.5) is 5.69 Å². The molecule has 0 aromatic carbocycles. The number of aromatic hydroxyl groups is 1. The highest BCUT2D eigenvalue weighted by molar-refractivity contribution is 7.95. The molecule has 2 aliphatic rings. The maximum atomic E-state index is 13.2. The van der Waals surface area contributed by atoms with Crippen molar-refractivity contribution in [2.45, 2.75) is 63.3 Å². The second kappa shape index (κ2) is 10.7. The molecule has 1 fully saturated rings. The largest absolute Gasteiger partial charge is 0.504 e. The second-order valence-corrected chi connectivity index (χ2v) is 13.2. The molecule has 1 aliphatic carbocycles. The molecule has 2 aromatic rings. The number of carbonyl (C=O) groups excluding carboxylic acids is 1. The fourth-order valence-electron chi connectivity index (χ4n) is 4.08. The lowest BCUT2D eigenvalue weighted by Gasteiger charge is -2.19. The SMILES string of the molecule is CCOC(=O)C1=C(Nc2csc(S(=O)(=O)N(CC)C3CC3)c2O)C(N[C@H](CC)c2ccc(C)o2)=NS1(=O)=O. The molecule has 2 aromatic heterocycles. The van der Waals surface area contributed by atoms with E-state index < -0.39 is 42.7 Å². The maximum Gasteiger partial charge on any atom is 0.354 e. The Kier molecular flexibility index (Phi) is 7.93. The van der Waals surface area contributed by atoms with Gasteiger partial charge in [-0.25, -0.2) is 13.2 Å². The van der Waals surface area contributed by atoms with Gasteiger partial charge in [0, 0.05) is 18.0 Å². The molecule has 0 spiro atoms. The van der Waals surface area contributed by atoms with E-state index in [1.54, 1.807) is 26.0 Å². The van der Waals surface area contributed by atoms with E-state index in [9.17, 15) is 26.7 Å². The normalized spacial score (nSPS) is 18.0. The van der Waals surface area contributed by atoms with Crippen molar-refractivity contribution in [2.75, 3.05) is 18.5 Å². The van der Waals surface area contributed by atoms with Crippen molar-refractivity contribution < 1.29 is 35.9 Å². The lowest BCUT2D eigenvalue weighted by molar-refractivity contribution is -0.137. The summed E-state index contributed by atoms with van der Waals surface area (Å²) in [5, 5.41) is 18.0. The molecule has 1 aliphatic heterocycles. The molecular weight excluding hydrogens is 556 g/mol. The molecule has 0 radical (unpaired) electrons. The van der Waals surface area contributed by atoms with Gasteiger partial charge in [-0.1, -0.05) is 13.8 Å². The molecule has 208 valence electrons. The van der Waals surface area contributed by atoms with Crippen molar-refractivity contribution in [3.8, 4) is 5.75 Å². The summed E-state index contributed by atoms with van der Waals surface area (Å²) in [4.78, 5) is 12.0. The summed E-state index contributed by atoms with van der Waals surface area (Å²) in [5.74, 6) is -0.725. The number of carbonyl (C=O) groups is 1.